The fourth-order valence-corrected chi connectivity index (χ4v) is 0.772. The number of aliphatic hydroxyl groups is 1. The van der Waals surface area contributed by atoms with Gasteiger partial charge in [-0.15, -0.1) is 0 Å². The second-order valence-electron chi connectivity index (χ2n) is 3.46. The van der Waals surface area contributed by atoms with Gasteiger partial charge in [0.1, 0.15) is 5.82 Å². The second kappa shape index (κ2) is 3.57. The molecule has 72 valence electrons. The fourth-order valence-electron chi connectivity index (χ4n) is 0.772. The zero-order valence-electron chi connectivity index (χ0n) is 7.66. The van der Waals surface area contributed by atoms with Crippen LogP contribution in [-0.4, -0.2) is 27.2 Å². The molecule has 0 fully saturated rings. The van der Waals surface area contributed by atoms with Gasteiger partial charge >= 0.3 is 0 Å². The molecule has 0 saturated heterocycles. The van der Waals surface area contributed by atoms with Crippen LogP contribution in [-0.2, 0) is 0 Å². The normalized spacial score (nSPS) is 11.3. The Labute approximate surface area is 75.8 Å². The van der Waals surface area contributed by atoms with E-state index < -0.39 is 5.60 Å². The number of hydrogen-bond acceptors (Lipinski definition) is 4. The van der Waals surface area contributed by atoms with E-state index in [1.54, 1.807) is 13.8 Å². The maximum Gasteiger partial charge on any atom is 0.252 e. The minimum atomic E-state index is -0.815. The molecule has 1 rings (SSSR count). The molecule has 3 N–H and O–H groups in total. The van der Waals surface area contributed by atoms with Gasteiger partial charge in [-0.25, -0.2) is 4.98 Å². The Hall–Kier alpha value is -1.36. The highest BCUT2D eigenvalue weighted by atomic mass is 16.3. The molecule has 13 heavy (non-hydrogen) atoms. The van der Waals surface area contributed by atoms with E-state index in [0.29, 0.717) is 12.4 Å². The first-order valence-electron chi connectivity index (χ1n) is 3.98. The van der Waals surface area contributed by atoms with E-state index in [1.165, 1.54) is 12.4 Å². The predicted octanol–water partition coefficient (Wildman–Crippen LogP) is -0.0473. The number of aromatic amines is 1. The summed E-state index contributed by atoms with van der Waals surface area (Å²) in [5.74, 6) is 0.464. The summed E-state index contributed by atoms with van der Waals surface area (Å²) in [7, 11) is 0. The standard InChI is InChI=1S/C8H13N3O2/c1-8(2,13)4-9-6-3-7(12)11-5-10-6/h3,5,13H,4H2,1-2H3,(H2,9,10,11,12). The number of nitrogens with one attached hydrogen (secondary N) is 2. The molecule has 0 unspecified atom stereocenters. The summed E-state index contributed by atoms with van der Waals surface area (Å²) in [6.45, 7) is 3.70. The van der Waals surface area contributed by atoms with Gasteiger partial charge in [0.2, 0.25) is 0 Å². The first-order valence-corrected chi connectivity index (χ1v) is 3.98. The highest BCUT2D eigenvalue weighted by molar-refractivity contribution is 5.31. The van der Waals surface area contributed by atoms with Crippen LogP contribution in [0, 0.1) is 0 Å². The third kappa shape index (κ3) is 3.71. The molecule has 0 aliphatic heterocycles. The third-order valence-corrected chi connectivity index (χ3v) is 1.38. The Bertz CT molecular complexity index is 327. The number of nitrogens with zero attached hydrogens (tertiary/aromatic N) is 1. The van der Waals surface area contributed by atoms with Crippen LogP contribution < -0.4 is 10.9 Å². The van der Waals surface area contributed by atoms with Crippen molar-refractivity contribution in [3.8, 4) is 0 Å². The van der Waals surface area contributed by atoms with Gasteiger partial charge in [0.05, 0.1) is 11.9 Å². The van der Waals surface area contributed by atoms with E-state index in [4.69, 9.17) is 0 Å². The van der Waals surface area contributed by atoms with Crippen molar-refractivity contribution in [1.82, 2.24) is 9.97 Å². The topological polar surface area (TPSA) is 78.0 Å². The number of H-pyrrole nitrogens is 1. The molecule has 0 spiro atoms. The van der Waals surface area contributed by atoms with Crippen molar-refractivity contribution >= 4 is 5.82 Å². The molecule has 0 atom stereocenters. The van der Waals surface area contributed by atoms with Crippen LogP contribution in [0.2, 0.25) is 0 Å². The molecular formula is C8H13N3O2. The van der Waals surface area contributed by atoms with E-state index in [1.807, 2.05) is 0 Å². The summed E-state index contributed by atoms with van der Waals surface area (Å²) in [6, 6.07) is 1.34. The lowest BCUT2D eigenvalue weighted by molar-refractivity contribution is 0.0944. The van der Waals surface area contributed by atoms with Gasteiger partial charge in [0.15, 0.2) is 0 Å². The maximum absolute atomic E-state index is 10.8. The summed E-state index contributed by atoms with van der Waals surface area (Å²) in [6.07, 6.45) is 1.31. The zero-order valence-corrected chi connectivity index (χ0v) is 7.66. The predicted molar refractivity (Wildman–Crippen MR) is 49.6 cm³/mol. The lowest BCUT2D eigenvalue weighted by Gasteiger charge is -2.17. The van der Waals surface area contributed by atoms with Crippen LogP contribution in [0.5, 0.6) is 0 Å². The lowest BCUT2D eigenvalue weighted by atomic mass is 10.1. The van der Waals surface area contributed by atoms with Crippen molar-refractivity contribution in [2.24, 2.45) is 0 Å². The van der Waals surface area contributed by atoms with Crippen molar-refractivity contribution in [2.75, 3.05) is 11.9 Å². The molecule has 1 aromatic rings. The van der Waals surface area contributed by atoms with Crippen molar-refractivity contribution in [3.63, 3.8) is 0 Å². The van der Waals surface area contributed by atoms with Gasteiger partial charge in [-0.05, 0) is 13.8 Å². The Morgan fingerprint density at radius 3 is 2.92 bits per heavy atom. The monoisotopic (exact) mass is 183 g/mol. The van der Waals surface area contributed by atoms with E-state index in [2.05, 4.69) is 15.3 Å². The van der Waals surface area contributed by atoms with Crippen molar-refractivity contribution in [3.05, 3.63) is 22.7 Å². The summed E-state index contributed by atoms with van der Waals surface area (Å²) < 4.78 is 0. The van der Waals surface area contributed by atoms with Crippen LogP contribution >= 0.6 is 0 Å². The molecule has 0 aliphatic carbocycles. The van der Waals surface area contributed by atoms with Crippen molar-refractivity contribution < 1.29 is 5.11 Å². The number of aromatic nitrogens is 2. The Morgan fingerprint density at radius 1 is 1.69 bits per heavy atom. The fraction of sp³-hybridized carbons (Fsp3) is 0.500. The highest BCUT2D eigenvalue weighted by Crippen LogP contribution is 2.02. The molecule has 0 aromatic carbocycles. The minimum absolute atomic E-state index is 0.215. The number of anilines is 1. The van der Waals surface area contributed by atoms with Gasteiger partial charge in [-0.2, -0.15) is 0 Å². The molecule has 0 bridgehead atoms. The SMILES string of the molecule is CC(C)(O)CNc1cc(=O)[nH]cn1. The van der Waals surface area contributed by atoms with E-state index in [-0.39, 0.29) is 5.56 Å². The van der Waals surface area contributed by atoms with Gasteiger partial charge in [-0.3, -0.25) is 4.79 Å². The summed E-state index contributed by atoms with van der Waals surface area (Å²) in [5, 5.41) is 12.2. The molecule has 0 amide bonds. The summed E-state index contributed by atoms with van der Waals surface area (Å²) in [4.78, 5) is 17.1. The Morgan fingerprint density at radius 2 is 2.38 bits per heavy atom. The lowest BCUT2D eigenvalue weighted by Crippen LogP contribution is -2.30. The zero-order chi connectivity index (χ0) is 9.90. The van der Waals surface area contributed by atoms with Crippen LogP contribution in [0.25, 0.3) is 0 Å². The molecule has 0 saturated carbocycles. The molecule has 5 nitrogen and oxygen atoms in total. The molecule has 0 radical (unpaired) electrons. The molecular weight excluding hydrogens is 170 g/mol. The summed E-state index contributed by atoms with van der Waals surface area (Å²) >= 11 is 0. The molecule has 1 aromatic heterocycles. The van der Waals surface area contributed by atoms with Crippen LogP contribution in [0.15, 0.2) is 17.2 Å². The van der Waals surface area contributed by atoms with E-state index in [9.17, 15) is 9.90 Å². The van der Waals surface area contributed by atoms with Crippen LogP contribution in [0.1, 0.15) is 13.8 Å². The van der Waals surface area contributed by atoms with E-state index >= 15 is 0 Å². The second-order valence-corrected chi connectivity index (χ2v) is 3.46. The third-order valence-electron chi connectivity index (χ3n) is 1.38. The molecule has 1 heterocycles. The largest absolute Gasteiger partial charge is 0.389 e. The number of hydrogen-bond donors (Lipinski definition) is 3. The molecule has 5 heteroatoms. The van der Waals surface area contributed by atoms with Gasteiger partial charge < -0.3 is 15.4 Å². The number of rotatable bonds is 3. The van der Waals surface area contributed by atoms with E-state index in [0.717, 1.165) is 0 Å². The van der Waals surface area contributed by atoms with Crippen LogP contribution in [0.3, 0.4) is 0 Å². The van der Waals surface area contributed by atoms with Gasteiger partial charge in [0.25, 0.3) is 5.56 Å². The highest BCUT2D eigenvalue weighted by Gasteiger charge is 2.11. The molecule has 0 aliphatic rings. The van der Waals surface area contributed by atoms with Gasteiger partial charge in [0, 0.05) is 12.6 Å². The average molecular weight is 183 g/mol. The Balaban J connectivity index is 2.60. The average Bonchev–Trinajstić information content (AvgIpc) is 2.00. The van der Waals surface area contributed by atoms with Gasteiger partial charge in [-0.1, -0.05) is 0 Å². The van der Waals surface area contributed by atoms with Crippen molar-refractivity contribution in [2.45, 2.75) is 19.4 Å². The smallest absolute Gasteiger partial charge is 0.252 e. The minimum Gasteiger partial charge on any atom is -0.389 e. The van der Waals surface area contributed by atoms with Crippen molar-refractivity contribution in [1.29, 1.82) is 0 Å². The summed E-state index contributed by atoms with van der Waals surface area (Å²) in [5.41, 5.74) is -1.03. The first-order chi connectivity index (χ1) is 5.97. The quantitative estimate of drug-likeness (QED) is 0.614. The van der Waals surface area contributed by atoms with Crippen LogP contribution in [0.4, 0.5) is 5.82 Å². The first kappa shape index (κ1) is 9.73. The Kier molecular flexibility index (Phi) is 2.67. The maximum atomic E-state index is 10.8.